The molecule has 1 amide bonds. The van der Waals surface area contributed by atoms with E-state index < -0.39 is 25.8 Å². The number of benzene rings is 2. The Balaban J connectivity index is 1.98. The second-order valence-corrected chi connectivity index (χ2v) is 13.2. The van der Waals surface area contributed by atoms with Crippen molar-refractivity contribution in [2.24, 2.45) is 4.99 Å². The molecule has 0 atom stereocenters. The van der Waals surface area contributed by atoms with Gasteiger partial charge in [-0.15, -0.1) is 0 Å². The molecule has 2 aromatic carbocycles. The highest BCUT2D eigenvalue weighted by Crippen LogP contribution is 2.22. The zero-order chi connectivity index (χ0) is 26.5. The second kappa shape index (κ2) is 11.8. The molecule has 1 aromatic heterocycles. The first-order valence-corrected chi connectivity index (χ1v) is 15.7. The molecule has 0 fully saturated rings. The molecule has 3 rings (SSSR count). The summed E-state index contributed by atoms with van der Waals surface area (Å²) in [5.74, 6) is -0.529. The first kappa shape index (κ1) is 28.2. The van der Waals surface area contributed by atoms with Crippen LogP contribution in [0.2, 0.25) is 0 Å². The number of carbonyl (C=O) groups excluding carboxylic acids is 1. The van der Waals surface area contributed by atoms with E-state index in [1.54, 1.807) is 30.7 Å². The molecule has 0 radical (unpaired) electrons. The Hall–Kier alpha value is -2.38. The van der Waals surface area contributed by atoms with Crippen LogP contribution in [0.3, 0.4) is 0 Å². The summed E-state index contributed by atoms with van der Waals surface area (Å²) in [6.07, 6.45) is 2.80. The summed E-state index contributed by atoms with van der Waals surface area (Å²) in [6, 6.07) is 10.6. The molecule has 0 unspecified atom stereocenters. The van der Waals surface area contributed by atoms with Crippen LogP contribution in [-0.2, 0) is 31.1 Å². The first-order chi connectivity index (χ1) is 17.0. The Morgan fingerprint density at radius 2 is 1.72 bits per heavy atom. The Bertz CT molecular complexity index is 1500. The van der Waals surface area contributed by atoms with Gasteiger partial charge in [-0.1, -0.05) is 31.6 Å². The smallest absolute Gasteiger partial charge is 0.279 e. The average molecular weight is 554 g/mol. The van der Waals surface area contributed by atoms with E-state index in [0.29, 0.717) is 35.7 Å². The zero-order valence-corrected chi connectivity index (χ0v) is 23.2. The normalized spacial score (nSPS) is 13.1. The number of methoxy groups -OCH3 is 1. The van der Waals surface area contributed by atoms with E-state index in [4.69, 9.17) is 4.74 Å². The Labute approximate surface area is 216 Å². The number of fused-ring (bicyclic) bond motifs is 1. The van der Waals surface area contributed by atoms with Crippen molar-refractivity contribution in [1.82, 2.24) is 8.87 Å². The van der Waals surface area contributed by atoms with Crippen molar-refractivity contribution in [1.29, 1.82) is 0 Å². The molecule has 3 aromatic rings. The monoisotopic (exact) mass is 553 g/mol. The number of rotatable bonds is 11. The van der Waals surface area contributed by atoms with Gasteiger partial charge in [-0.05, 0) is 48.9 Å². The van der Waals surface area contributed by atoms with Gasteiger partial charge in [-0.2, -0.15) is 9.30 Å². The van der Waals surface area contributed by atoms with E-state index in [1.165, 1.54) is 46.0 Å². The van der Waals surface area contributed by atoms with Crippen molar-refractivity contribution in [2.75, 3.05) is 33.1 Å². The lowest BCUT2D eigenvalue weighted by molar-refractivity contribution is 0.0997. The summed E-state index contributed by atoms with van der Waals surface area (Å²) < 4.78 is 58.9. The second-order valence-electron chi connectivity index (χ2n) is 8.22. The Kier molecular flexibility index (Phi) is 9.23. The van der Waals surface area contributed by atoms with Gasteiger partial charge in [0.2, 0.25) is 10.0 Å². The summed E-state index contributed by atoms with van der Waals surface area (Å²) in [6.45, 7) is 5.41. The summed E-state index contributed by atoms with van der Waals surface area (Å²) in [4.78, 5) is 18.0. The van der Waals surface area contributed by atoms with Gasteiger partial charge < -0.3 is 9.30 Å². The predicted molar refractivity (Wildman–Crippen MR) is 140 cm³/mol. The third-order valence-electron chi connectivity index (χ3n) is 5.65. The van der Waals surface area contributed by atoms with Crippen LogP contribution in [-0.4, -0.2) is 64.7 Å². The van der Waals surface area contributed by atoms with Gasteiger partial charge in [0.1, 0.15) is 0 Å². The molecule has 0 N–H and O–H groups in total. The molecule has 9 nitrogen and oxygen atoms in total. The van der Waals surface area contributed by atoms with Crippen LogP contribution in [0.25, 0.3) is 10.2 Å². The number of aromatic nitrogens is 1. The first-order valence-electron chi connectivity index (χ1n) is 11.5. The summed E-state index contributed by atoms with van der Waals surface area (Å²) in [7, 11) is -5.47. The standard InChI is InChI=1S/C24H31N3O6S3/c1-5-7-14-26(6-2)36(31,32)19-10-8-18(9-11-19)23(28)25-24-27(15-16-33-3)21-13-12-20(35(4,29)30)17-22(21)34-24/h8-13,17H,5-7,14-16H2,1-4H3. The van der Waals surface area contributed by atoms with Crippen molar-refractivity contribution < 1.29 is 26.4 Å². The van der Waals surface area contributed by atoms with Crippen LogP contribution in [0.5, 0.6) is 0 Å². The van der Waals surface area contributed by atoms with E-state index in [0.717, 1.165) is 24.6 Å². The minimum absolute atomic E-state index is 0.127. The van der Waals surface area contributed by atoms with E-state index in [1.807, 2.05) is 6.92 Å². The lowest BCUT2D eigenvalue weighted by Gasteiger charge is -2.20. The maximum Gasteiger partial charge on any atom is 0.279 e. The fraction of sp³-hybridized carbons (Fsp3) is 0.417. The number of unbranched alkanes of at least 4 members (excludes halogenated alkanes) is 1. The van der Waals surface area contributed by atoms with Gasteiger partial charge in [0.25, 0.3) is 5.91 Å². The SMILES string of the molecule is CCCCN(CC)S(=O)(=O)c1ccc(C(=O)N=c2sc3cc(S(C)(=O)=O)ccc3n2CCOC)cc1. The van der Waals surface area contributed by atoms with Crippen LogP contribution in [0.4, 0.5) is 0 Å². The van der Waals surface area contributed by atoms with Crippen LogP contribution in [0, 0.1) is 0 Å². The lowest BCUT2D eigenvalue weighted by atomic mass is 10.2. The molecule has 0 saturated heterocycles. The maximum absolute atomic E-state index is 13.0. The molecule has 0 saturated carbocycles. The van der Waals surface area contributed by atoms with E-state index >= 15 is 0 Å². The number of carbonyl (C=O) groups is 1. The molecule has 0 spiro atoms. The van der Waals surface area contributed by atoms with Crippen molar-refractivity contribution in [2.45, 2.75) is 43.0 Å². The number of hydrogen-bond acceptors (Lipinski definition) is 7. The molecule has 0 aliphatic carbocycles. The van der Waals surface area contributed by atoms with Gasteiger partial charge in [-0.3, -0.25) is 4.79 Å². The number of hydrogen-bond donors (Lipinski definition) is 0. The number of ether oxygens (including phenoxy) is 1. The van der Waals surface area contributed by atoms with Crippen molar-refractivity contribution in [3.8, 4) is 0 Å². The lowest BCUT2D eigenvalue weighted by Crippen LogP contribution is -2.31. The largest absolute Gasteiger partial charge is 0.383 e. The fourth-order valence-corrected chi connectivity index (χ4v) is 6.92. The third-order valence-corrected chi connectivity index (χ3v) is 9.79. The molecule has 0 aliphatic rings. The molecule has 12 heteroatoms. The number of sulfone groups is 1. The minimum atomic E-state index is -3.65. The average Bonchev–Trinajstić information content (AvgIpc) is 3.18. The van der Waals surface area contributed by atoms with Gasteiger partial charge in [0.15, 0.2) is 14.6 Å². The highest BCUT2D eigenvalue weighted by atomic mass is 32.2. The van der Waals surface area contributed by atoms with Crippen LogP contribution in [0.1, 0.15) is 37.0 Å². The fourth-order valence-electron chi connectivity index (χ4n) is 3.62. The van der Waals surface area contributed by atoms with Crippen molar-refractivity contribution >= 4 is 47.3 Å². The Morgan fingerprint density at radius 3 is 2.31 bits per heavy atom. The van der Waals surface area contributed by atoms with Gasteiger partial charge in [0, 0.05) is 38.6 Å². The Morgan fingerprint density at radius 1 is 1.06 bits per heavy atom. The van der Waals surface area contributed by atoms with E-state index in [-0.39, 0.29) is 15.4 Å². The summed E-state index contributed by atoms with van der Waals surface area (Å²) in [5.41, 5.74) is 0.988. The number of thiazole rings is 1. The molecular formula is C24H31N3O6S3. The molecular weight excluding hydrogens is 522 g/mol. The zero-order valence-electron chi connectivity index (χ0n) is 20.8. The maximum atomic E-state index is 13.0. The summed E-state index contributed by atoms with van der Waals surface area (Å²) >= 11 is 1.20. The molecule has 36 heavy (non-hydrogen) atoms. The topological polar surface area (TPSA) is 115 Å². The van der Waals surface area contributed by atoms with Gasteiger partial charge in [-0.25, -0.2) is 16.8 Å². The molecule has 0 aliphatic heterocycles. The highest BCUT2D eigenvalue weighted by molar-refractivity contribution is 7.90. The van der Waals surface area contributed by atoms with Crippen LogP contribution < -0.4 is 4.80 Å². The van der Waals surface area contributed by atoms with Crippen molar-refractivity contribution in [3.05, 3.63) is 52.8 Å². The van der Waals surface area contributed by atoms with Gasteiger partial charge in [0.05, 0.1) is 26.6 Å². The van der Waals surface area contributed by atoms with Crippen LogP contribution in [0.15, 0.2) is 57.2 Å². The van der Waals surface area contributed by atoms with Crippen molar-refractivity contribution in [3.63, 3.8) is 0 Å². The third kappa shape index (κ3) is 6.30. The van der Waals surface area contributed by atoms with E-state index in [9.17, 15) is 21.6 Å². The molecule has 196 valence electrons. The summed E-state index contributed by atoms with van der Waals surface area (Å²) in [5, 5.41) is 0. The van der Waals surface area contributed by atoms with E-state index in [2.05, 4.69) is 4.99 Å². The van der Waals surface area contributed by atoms with Gasteiger partial charge >= 0.3 is 0 Å². The number of sulfonamides is 1. The number of amides is 1. The van der Waals surface area contributed by atoms with Crippen LogP contribution >= 0.6 is 11.3 Å². The quantitative estimate of drug-likeness (QED) is 0.360. The molecule has 0 bridgehead atoms. The molecule has 1 heterocycles. The minimum Gasteiger partial charge on any atom is -0.383 e. The predicted octanol–water partition coefficient (Wildman–Crippen LogP) is 3.30. The highest BCUT2D eigenvalue weighted by Gasteiger charge is 2.23. The number of nitrogens with zero attached hydrogens (tertiary/aromatic N) is 3.